The molecule has 3 aromatic carbocycles. The first-order valence-corrected chi connectivity index (χ1v) is 21.8. The molecule has 4 fully saturated rings. The van der Waals surface area contributed by atoms with Crippen molar-refractivity contribution < 1.29 is 19.1 Å². The summed E-state index contributed by atoms with van der Waals surface area (Å²) in [6.45, 7) is 3.22. The first-order chi connectivity index (χ1) is 28.6. The zero-order valence-corrected chi connectivity index (χ0v) is 34.5. The number of nitrogens with zero attached hydrogens (tertiary/aromatic N) is 7. The fourth-order valence-corrected chi connectivity index (χ4v) is 11.7. The Bertz CT molecular complexity index is 2900. The molecular formula is C44H45BrN8O6. The van der Waals surface area contributed by atoms with E-state index in [2.05, 4.69) is 58.3 Å². The van der Waals surface area contributed by atoms with Crippen molar-refractivity contribution in [1.82, 2.24) is 33.3 Å². The molecule has 1 atom stereocenters. The third-order valence-electron chi connectivity index (χ3n) is 14.2. The Balaban J connectivity index is 0.821. The lowest BCUT2D eigenvalue weighted by Crippen LogP contribution is -2.49. The molecule has 0 radical (unpaired) electrons. The number of anilines is 1. The number of benzene rings is 3. The van der Waals surface area contributed by atoms with E-state index in [-0.39, 0.29) is 53.3 Å². The van der Waals surface area contributed by atoms with E-state index < -0.39 is 11.9 Å². The molecule has 3 saturated heterocycles. The molecule has 1 N–H and O–H groups in total. The van der Waals surface area contributed by atoms with Crippen molar-refractivity contribution >= 4 is 78.1 Å². The molecule has 1 unspecified atom stereocenters. The standard InChI is InChI=1S/C44H45BrN8O6/c1-48-38-31(53(43(48)58)32-12-14-35(54)46-39(32)55)11-13-34-37(38)44(24-59-34)17-21-50(22-18-44)41(57)25-15-19-49(20-16-25)27-9-10-29-33(23-27)51(26-5-2-3-6-26)42-47-40(56)36-28(45)7-4-8-30(36)52(29)42/h4,7-11,13,23,25-26,32H,2-3,5-6,12,14-22,24H2,1H3,(H,46,54,55). The number of fused-ring (bicyclic) bond motifs is 9. The first kappa shape index (κ1) is 36.6. The lowest BCUT2D eigenvalue weighted by Gasteiger charge is -2.41. The number of piperidine rings is 3. The second-order valence-electron chi connectivity index (χ2n) is 17.3. The summed E-state index contributed by atoms with van der Waals surface area (Å²) in [6.07, 6.45) is 7.84. The number of amides is 3. The maximum absolute atomic E-state index is 14.1. The van der Waals surface area contributed by atoms with Crippen molar-refractivity contribution in [3.8, 4) is 5.75 Å². The summed E-state index contributed by atoms with van der Waals surface area (Å²) in [5.41, 5.74) is 5.60. The van der Waals surface area contributed by atoms with Gasteiger partial charge in [-0.1, -0.05) is 18.9 Å². The summed E-state index contributed by atoms with van der Waals surface area (Å²) in [5, 5.41) is 2.98. The maximum Gasteiger partial charge on any atom is 0.329 e. The lowest BCUT2D eigenvalue weighted by atomic mass is 9.73. The van der Waals surface area contributed by atoms with Crippen molar-refractivity contribution in [1.29, 1.82) is 0 Å². The number of aryl methyl sites for hydroxylation is 1. The Kier molecular flexibility index (Phi) is 8.41. The summed E-state index contributed by atoms with van der Waals surface area (Å²) in [5.74, 6) is 0.809. The maximum atomic E-state index is 14.1. The Morgan fingerprint density at radius 3 is 2.39 bits per heavy atom. The van der Waals surface area contributed by atoms with E-state index in [0.29, 0.717) is 49.2 Å². The molecule has 4 aliphatic heterocycles. The van der Waals surface area contributed by atoms with E-state index in [1.54, 1.807) is 11.6 Å². The van der Waals surface area contributed by atoms with Crippen LogP contribution >= 0.6 is 15.9 Å². The number of aromatic nitrogens is 5. The number of imidazole rings is 2. The normalized spacial score (nSPS) is 21.4. The van der Waals surface area contributed by atoms with Gasteiger partial charge < -0.3 is 19.1 Å². The average Bonchev–Trinajstić information content (AvgIpc) is 4.02. The minimum Gasteiger partial charge on any atom is -0.492 e. The molecule has 1 spiro atoms. The van der Waals surface area contributed by atoms with Crippen molar-refractivity contribution in [3.05, 3.63) is 79.4 Å². The van der Waals surface area contributed by atoms with Crippen LogP contribution < -0.4 is 26.2 Å². The number of carbonyl (C=O) groups excluding carboxylic acids is 3. The van der Waals surface area contributed by atoms with Gasteiger partial charge in [-0.15, -0.1) is 0 Å². The Hall–Kier alpha value is -5.44. The third kappa shape index (κ3) is 5.48. The number of hydrogen-bond acceptors (Lipinski definition) is 8. The minimum absolute atomic E-state index is 0.0591. The fraction of sp³-hybridized carbons (Fsp3) is 0.455. The lowest BCUT2D eigenvalue weighted by molar-refractivity contribution is -0.138. The molecule has 14 nitrogen and oxygen atoms in total. The van der Waals surface area contributed by atoms with Gasteiger partial charge in [-0.05, 0) is 103 Å². The highest BCUT2D eigenvalue weighted by molar-refractivity contribution is 9.10. The van der Waals surface area contributed by atoms with Gasteiger partial charge in [-0.3, -0.25) is 38.0 Å². The molecular weight excluding hydrogens is 816 g/mol. The molecule has 0 bridgehead atoms. The van der Waals surface area contributed by atoms with E-state index in [9.17, 15) is 24.0 Å². The molecule has 3 aromatic heterocycles. The highest BCUT2D eigenvalue weighted by atomic mass is 79.9. The van der Waals surface area contributed by atoms with E-state index in [0.717, 1.165) is 95.2 Å². The number of nitrogens with one attached hydrogen (secondary N) is 1. The topological polar surface area (TPSA) is 145 Å². The predicted octanol–water partition coefficient (Wildman–Crippen LogP) is 5.48. The van der Waals surface area contributed by atoms with Gasteiger partial charge in [0.15, 0.2) is 0 Å². The summed E-state index contributed by atoms with van der Waals surface area (Å²) in [6, 6.07) is 15.7. The van der Waals surface area contributed by atoms with Crippen LogP contribution in [0, 0.1) is 5.92 Å². The van der Waals surface area contributed by atoms with Crippen LogP contribution in [-0.2, 0) is 26.8 Å². The second kappa shape index (κ2) is 13.5. The molecule has 6 aromatic rings. The monoisotopic (exact) mass is 860 g/mol. The van der Waals surface area contributed by atoms with Crippen molar-refractivity contribution in [2.45, 2.75) is 81.7 Å². The number of hydrogen-bond donors (Lipinski definition) is 1. The van der Waals surface area contributed by atoms with Crippen LogP contribution in [0.3, 0.4) is 0 Å². The van der Waals surface area contributed by atoms with E-state index in [1.807, 2.05) is 35.2 Å². The van der Waals surface area contributed by atoms with Crippen molar-refractivity contribution in [3.63, 3.8) is 0 Å². The van der Waals surface area contributed by atoms with Gasteiger partial charge in [0, 0.05) is 72.7 Å². The fourth-order valence-electron chi connectivity index (χ4n) is 11.1. The number of carbonyl (C=O) groups is 3. The molecule has 304 valence electrons. The summed E-state index contributed by atoms with van der Waals surface area (Å²) < 4.78 is 14.6. The molecule has 7 heterocycles. The largest absolute Gasteiger partial charge is 0.492 e. The van der Waals surface area contributed by atoms with Gasteiger partial charge in [0.25, 0.3) is 5.56 Å². The Labute approximate surface area is 346 Å². The molecule has 11 rings (SSSR count). The van der Waals surface area contributed by atoms with Crippen LogP contribution in [0.2, 0.25) is 0 Å². The molecule has 59 heavy (non-hydrogen) atoms. The number of rotatable bonds is 4. The highest BCUT2D eigenvalue weighted by Crippen LogP contribution is 2.49. The number of halogens is 1. The van der Waals surface area contributed by atoms with Crippen LogP contribution in [0.15, 0.2) is 62.6 Å². The Morgan fingerprint density at radius 1 is 0.864 bits per heavy atom. The van der Waals surface area contributed by atoms with Crippen LogP contribution in [0.4, 0.5) is 5.69 Å². The summed E-state index contributed by atoms with van der Waals surface area (Å²) in [4.78, 5) is 75.1. The number of likely N-dealkylation sites (tertiary alicyclic amines) is 1. The van der Waals surface area contributed by atoms with Crippen LogP contribution in [0.25, 0.3) is 38.7 Å². The third-order valence-corrected chi connectivity index (χ3v) is 14.9. The zero-order chi connectivity index (χ0) is 40.3. The second-order valence-corrected chi connectivity index (χ2v) is 18.2. The molecule has 15 heteroatoms. The average molecular weight is 862 g/mol. The predicted molar refractivity (Wildman–Crippen MR) is 226 cm³/mol. The van der Waals surface area contributed by atoms with Gasteiger partial charge in [0.1, 0.15) is 11.8 Å². The molecule has 5 aliphatic rings. The highest BCUT2D eigenvalue weighted by Gasteiger charge is 2.47. The van der Waals surface area contributed by atoms with E-state index in [1.165, 1.54) is 4.57 Å². The van der Waals surface area contributed by atoms with Crippen LogP contribution in [0.5, 0.6) is 5.75 Å². The van der Waals surface area contributed by atoms with E-state index in [4.69, 9.17) is 4.74 Å². The quantitative estimate of drug-likeness (QED) is 0.230. The number of ether oxygens (including phenoxy) is 1. The van der Waals surface area contributed by atoms with Crippen molar-refractivity contribution in [2.75, 3.05) is 37.7 Å². The molecule has 3 amide bonds. The molecule has 1 aliphatic carbocycles. The van der Waals surface area contributed by atoms with E-state index >= 15 is 0 Å². The van der Waals surface area contributed by atoms with Crippen LogP contribution in [-0.4, -0.2) is 78.5 Å². The first-order valence-electron chi connectivity index (χ1n) is 21.0. The number of imide groups is 1. The minimum atomic E-state index is -0.759. The Morgan fingerprint density at radius 2 is 1.63 bits per heavy atom. The SMILES string of the molecule is Cn1c(=O)n(C2CCC(=O)NC2=O)c2ccc3c(c21)C1(CCN(C(=O)C2CCN(c4ccc5c(c4)n(C4CCCC4)c4nc(=O)c6c(Br)cccc6n54)CC2)CC1)CO3. The van der Waals surface area contributed by atoms with Crippen LogP contribution in [0.1, 0.15) is 81.9 Å². The van der Waals surface area contributed by atoms with Gasteiger partial charge in [0.05, 0.1) is 39.6 Å². The van der Waals surface area contributed by atoms with Gasteiger partial charge >= 0.3 is 5.69 Å². The van der Waals surface area contributed by atoms with Gasteiger partial charge in [-0.2, -0.15) is 4.98 Å². The van der Waals surface area contributed by atoms with Gasteiger partial charge in [0.2, 0.25) is 23.5 Å². The van der Waals surface area contributed by atoms with Gasteiger partial charge in [-0.25, -0.2) is 4.79 Å². The summed E-state index contributed by atoms with van der Waals surface area (Å²) in [7, 11) is 1.73. The summed E-state index contributed by atoms with van der Waals surface area (Å²) >= 11 is 3.59. The molecule has 1 saturated carbocycles. The smallest absolute Gasteiger partial charge is 0.329 e. The zero-order valence-electron chi connectivity index (χ0n) is 32.9. The van der Waals surface area contributed by atoms with Crippen molar-refractivity contribution in [2.24, 2.45) is 13.0 Å².